The third-order valence-electron chi connectivity index (χ3n) is 3.94. The fourth-order valence-electron chi connectivity index (χ4n) is 2.49. The second kappa shape index (κ2) is 6.24. The Morgan fingerprint density at radius 1 is 1.45 bits per heavy atom. The summed E-state index contributed by atoms with van der Waals surface area (Å²) < 4.78 is 0. The number of aryl methyl sites for hydroxylation is 1. The minimum atomic E-state index is 0.0367. The van der Waals surface area contributed by atoms with Gasteiger partial charge in [0.15, 0.2) is 0 Å². The lowest BCUT2D eigenvalue weighted by Crippen LogP contribution is -2.51. The minimum Gasteiger partial charge on any atom is -0.399 e. The molecule has 0 spiro atoms. The number of hydrogen-bond acceptors (Lipinski definition) is 4. The fraction of sp³-hybridized carbons (Fsp3) is 0.533. The summed E-state index contributed by atoms with van der Waals surface area (Å²) in [6.45, 7) is 7.47. The molecule has 1 aromatic carbocycles. The number of nitrogens with zero attached hydrogens (tertiary/aromatic N) is 2. The summed E-state index contributed by atoms with van der Waals surface area (Å²) >= 11 is 0. The van der Waals surface area contributed by atoms with Crippen LogP contribution in [0.2, 0.25) is 0 Å². The van der Waals surface area contributed by atoms with Gasteiger partial charge in [-0.1, -0.05) is 0 Å². The predicted octanol–water partition coefficient (Wildman–Crippen LogP) is 1.15. The van der Waals surface area contributed by atoms with Crippen molar-refractivity contribution in [3.8, 4) is 0 Å². The lowest BCUT2D eigenvalue weighted by atomic mass is 10.1. The van der Waals surface area contributed by atoms with Crippen LogP contribution in [0.25, 0.3) is 0 Å². The fourth-order valence-corrected chi connectivity index (χ4v) is 2.49. The quantitative estimate of drug-likeness (QED) is 0.813. The van der Waals surface area contributed by atoms with E-state index >= 15 is 0 Å². The number of carbonyl (C=O) groups is 1. The van der Waals surface area contributed by atoms with Crippen LogP contribution in [0.15, 0.2) is 18.2 Å². The van der Waals surface area contributed by atoms with Crippen LogP contribution >= 0.6 is 0 Å². The molecule has 0 aliphatic carbocycles. The van der Waals surface area contributed by atoms with Crippen molar-refractivity contribution >= 4 is 17.3 Å². The molecule has 0 radical (unpaired) electrons. The van der Waals surface area contributed by atoms with Crippen molar-refractivity contribution in [1.29, 1.82) is 0 Å². The zero-order valence-electron chi connectivity index (χ0n) is 12.5. The summed E-state index contributed by atoms with van der Waals surface area (Å²) in [5.41, 5.74) is 8.26. The lowest BCUT2D eigenvalue weighted by molar-refractivity contribution is -0.117. The largest absolute Gasteiger partial charge is 0.399 e. The van der Waals surface area contributed by atoms with Gasteiger partial charge in [0.1, 0.15) is 0 Å². The van der Waals surface area contributed by atoms with Crippen molar-refractivity contribution in [2.45, 2.75) is 19.9 Å². The number of hydrogen-bond donors (Lipinski definition) is 2. The van der Waals surface area contributed by atoms with E-state index in [2.05, 4.69) is 29.1 Å². The van der Waals surface area contributed by atoms with Gasteiger partial charge in [-0.3, -0.25) is 9.69 Å². The number of piperazine rings is 1. The summed E-state index contributed by atoms with van der Waals surface area (Å²) in [5.74, 6) is 0.0367. The maximum atomic E-state index is 12.1. The number of benzene rings is 1. The Balaban J connectivity index is 1.89. The van der Waals surface area contributed by atoms with E-state index in [1.807, 2.05) is 19.1 Å². The van der Waals surface area contributed by atoms with Crippen LogP contribution in [0.4, 0.5) is 11.4 Å². The number of nitrogens with one attached hydrogen (secondary N) is 1. The Bertz CT molecular complexity index is 489. The van der Waals surface area contributed by atoms with Crippen molar-refractivity contribution in [1.82, 2.24) is 9.80 Å². The van der Waals surface area contributed by atoms with Crippen LogP contribution in [0, 0.1) is 6.92 Å². The standard InChI is InChI=1S/C15H24N4O/c1-11-8-13(16)4-5-14(11)17-15(20)10-19-7-6-18(3)12(2)9-19/h4-5,8,12H,6-7,9-10,16H2,1-3H3,(H,17,20). The summed E-state index contributed by atoms with van der Waals surface area (Å²) in [5, 5.41) is 2.96. The molecule has 20 heavy (non-hydrogen) atoms. The number of nitrogens with two attached hydrogens (primary N) is 1. The number of amides is 1. The highest BCUT2D eigenvalue weighted by molar-refractivity contribution is 5.93. The molecule has 1 heterocycles. The Labute approximate surface area is 120 Å². The molecule has 3 N–H and O–H groups in total. The molecular formula is C15H24N4O. The van der Waals surface area contributed by atoms with Gasteiger partial charge in [-0.15, -0.1) is 0 Å². The maximum Gasteiger partial charge on any atom is 0.238 e. The molecule has 1 saturated heterocycles. The van der Waals surface area contributed by atoms with Gasteiger partial charge in [-0.05, 0) is 44.7 Å². The van der Waals surface area contributed by atoms with Gasteiger partial charge in [-0.2, -0.15) is 0 Å². The maximum absolute atomic E-state index is 12.1. The molecule has 1 aliphatic heterocycles. The van der Waals surface area contributed by atoms with Crippen LogP contribution in [0.3, 0.4) is 0 Å². The van der Waals surface area contributed by atoms with E-state index in [1.54, 1.807) is 6.07 Å². The minimum absolute atomic E-state index is 0.0367. The molecule has 5 heteroatoms. The molecule has 1 aliphatic rings. The van der Waals surface area contributed by atoms with Gasteiger partial charge in [0, 0.05) is 37.1 Å². The first-order valence-electron chi connectivity index (χ1n) is 7.04. The molecule has 110 valence electrons. The first-order chi connectivity index (χ1) is 9.45. The summed E-state index contributed by atoms with van der Waals surface area (Å²) in [6.07, 6.45) is 0. The van der Waals surface area contributed by atoms with Crippen LogP contribution in [0.5, 0.6) is 0 Å². The molecule has 2 rings (SSSR count). The molecule has 1 aromatic rings. The van der Waals surface area contributed by atoms with E-state index in [9.17, 15) is 4.79 Å². The Morgan fingerprint density at radius 3 is 2.85 bits per heavy atom. The second-order valence-electron chi connectivity index (χ2n) is 5.69. The molecule has 0 saturated carbocycles. The first kappa shape index (κ1) is 14.8. The number of rotatable bonds is 3. The van der Waals surface area contributed by atoms with Gasteiger partial charge in [0.25, 0.3) is 0 Å². The number of likely N-dealkylation sites (N-methyl/N-ethyl adjacent to an activating group) is 1. The second-order valence-corrected chi connectivity index (χ2v) is 5.69. The molecule has 0 aromatic heterocycles. The Morgan fingerprint density at radius 2 is 2.20 bits per heavy atom. The predicted molar refractivity (Wildman–Crippen MR) is 82.8 cm³/mol. The van der Waals surface area contributed by atoms with Gasteiger partial charge >= 0.3 is 0 Å². The lowest BCUT2D eigenvalue weighted by Gasteiger charge is -2.37. The third kappa shape index (κ3) is 3.71. The monoisotopic (exact) mass is 276 g/mol. The highest BCUT2D eigenvalue weighted by Gasteiger charge is 2.22. The molecule has 0 bridgehead atoms. The van der Waals surface area contributed by atoms with E-state index in [0.29, 0.717) is 18.3 Å². The average Bonchev–Trinajstić information content (AvgIpc) is 2.37. The summed E-state index contributed by atoms with van der Waals surface area (Å²) in [4.78, 5) is 16.6. The SMILES string of the molecule is Cc1cc(N)ccc1NC(=O)CN1CCN(C)C(C)C1. The van der Waals surface area contributed by atoms with Crippen molar-refractivity contribution in [2.75, 3.05) is 44.3 Å². The third-order valence-corrected chi connectivity index (χ3v) is 3.94. The van der Waals surface area contributed by atoms with Crippen molar-refractivity contribution in [2.24, 2.45) is 0 Å². The zero-order valence-corrected chi connectivity index (χ0v) is 12.5. The zero-order chi connectivity index (χ0) is 14.7. The van der Waals surface area contributed by atoms with Crippen LogP contribution < -0.4 is 11.1 Å². The van der Waals surface area contributed by atoms with Gasteiger partial charge in [0.05, 0.1) is 6.54 Å². The Hall–Kier alpha value is -1.59. The van der Waals surface area contributed by atoms with Crippen molar-refractivity contribution in [3.63, 3.8) is 0 Å². The molecular weight excluding hydrogens is 252 g/mol. The normalized spacial score (nSPS) is 20.9. The molecule has 1 fully saturated rings. The molecule has 1 atom stereocenters. The molecule has 1 unspecified atom stereocenters. The molecule has 5 nitrogen and oxygen atoms in total. The Kier molecular flexibility index (Phi) is 4.62. The van der Waals surface area contributed by atoms with E-state index < -0.39 is 0 Å². The van der Waals surface area contributed by atoms with Gasteiger partial charge in [0.2, 0.25) is 5.91 Å². The van der Waals surface area contributed by atoms with E-state index in [0.717, 1.165) is 30.9 Å². The highest BCUT2D eigenvalue weighted by Crippen LogP contribution is 2.17. The van der Waals surface area contributed by atoms with Gasteiger partial charge in [-0.25, -0.2) is 0 Å². The van der Waals surface area contributed by atoms with Crippen LogP contribution in [-0.4, -0.2) is 55.0 Å². The first-order valence-corrected chi connectivity index (χ1v) is 7.04. The summed E-state index contributed by atoms with van der Waals surface area (Å²) in [7, 11) is 2.12. The molecule has 1 amide bonds. The van der Waals surface area contributed by atoms with E-state index in [1.165, 1.54) is 0 Å². The topological polar surface area (TPSA) is 61.6 Å². The average molecular weight is 276 g/mol. The number of nitrogen functional groups attached to an aromatic ring is 1. The summed E-state index contributed by atoms with van der Waals surface area (Å²) in [6, 6.07) is 6.03. The number of carbonyl (C=O) groups excluding carboxylic acids is 1. The van der Waals surface area contributed by atoms with Crippen LogP contribution in [0.1, 0.15) is 12.5 Å². The van der Waals surface area contributed by atoms with Crippen molar-refractivity contribution < 1.29 is 4.79 Å². The van der Waals surface area contributed by atoms with Crippen LogP contribution in [-0.2, 0) is 4.79 Å². The smallest absolute Gasteiger partial charge is 0.238 e. The van der Waals surface area contributed by atoms with E-state index in [-0.39, 0.29) is 5.91 Å². The highest BCUT2D eigenvalue weighted by atomic mass is 16.2. The number of anilines is 2. The van der Waals surface area contributed by atoms with Gasteiger partial charge < -0.3 is 16.0 Å². The van der Waals surface area contributed by atoms with Crippen molar-refractivity contribution in [3.05, 3.63) is 23.8 Å². The van der Waals surface area contributed by atoms with E-state index in [4.69, 9.17) is 5.73 Å².